The number of carbonyl (C=O) groups is 1. The first kappa shape index (κ1) is 21.5. The zero-order valence-electron chi connectivity index (χ0n) is 16.3. The van der Waals surface area contributed by atoms with Gasteiger partial charge in [-0.1, -0.05) is 30.3 Å². The minimum absolute atomic E-state index is 0.0568. The Labute approximate surface area is 171 Å². The van der Waals surface area contributed by atoms with E-state index >= 15 is 0 Å². The minimum Gasteiger partial charge on any atom is -0.340 e. The normalized spacial score (nSPS) is 17.4. The third kappa shape index (κ3) is 4.68. The first-order valence-electron chi connectivity index (χ1n) is 9.25. The standard InChI is InChI=1S/C20H24N2O5S2/c1-15-8-9-16(2)19(12-15)29(26,27)21-13-20(23)22-11-10-18(14-22)28(24,25)17-6-4-3-5-7-17/h3-9,12,18,21H,10-11,13-14H2,1-2H3. The van der Waals surface area contributed by atoms with Crippen LogP contribution in [0.4, 0.5) is 0 Å². The molecule has 0 aromatic heterocycles. The van der Waals surface area contributed by atoms with E-state index in [1.807, 2.05) is 6.07 Å². The molecule has 2 aromatic carbocycles. The molecule has 1 unspecified atom stereocenters. The average Bonchev–Trinajstić information content (AvgIpc) is 3.20. The summed E-state index contributed by atoms with van der Waals surface area (Å²) in [5.41, 5.74) is 1.39. The lowest BCUT2D eigenvalue weighted by Gasteiger charge is -2.17. The van der Waals surface area contributed by atoms with Crippen LogP contribution in [0.3, 0.4) is 0 Å². The Morgan fingerprint density at radius 1 is 1.07 bits per heavy atom. The van der Waals surface area contributed by atoms with E-state index in [0.29, 0.717) is 12.0 Å². The van der Waals surface area contributed by atoms with E-state index in [9.17, 15) is 21.6 Å². The second-order valence-corrected chi connectivity index (χ2v) is 11.2. The Bertz CT molecular complexity index is 1110. The van der Waals surface area contributed by atoms with Crippen LogP contribution in [0.2, 0.25) is 0 Å². The quantitative estimate of drug-likeness (QED) is 0.742. The fourth-order valence-corrected chi connectivity index (χ4v) is 6.37. The summed E-state index contributed by atoms with van der Waals surface area (Å²) >= 11 is 0. The number of nitrogens with one attached hydrogen (secondary N) is 1. The Morgan fingerprint density at radius 3 is 2.45 bits per heavy atom. The smallest absolute Gasteiger partial charge is 0.241 e. The van der Waals surface area contributed by atoms with Gasteiger partial charge < -0.3 is 4.90 Å². The maximum absolute atomic E-state index is 12.7. The fraction of sp³-hybridized carbons (Fsp3) is 0.350. The number of sulfonamides is 1. The van der Waals surface area contributed by atoms with Crippen LogP contribution in [-0.4, -0.2) is 52.5 Å². The second kappa shape index (κ2) is 8.25. The van der Waals surface area contributed by atoms with Gasteiger partial charge in [0.1, 0.15) is 0 Å². The molecule has 0 spiro atoms. The lowest BCUT2D eigenvalue weighted by Crippen LogP contribution is -2.40. The third-order valence-electron chi connectivity index (χ3n) is 5.05. The molecular weight excluding hydrogens is 412 g/mol. The summed E-state index contributed by atoms with van der Waals surface area (Å²) in [6.45, 7) is 3.41. The average molecular weight is 437 g/mol. The van der Waals surface area contributed by atoms with Crippen LogP contribution in [0.1, 0.15) is 17.5 Å². The van der Waals surface area contributed by atoms with Crippen molar-refractivity contribution in [2.45, 2.75) is 35.3 Å². The van der Waals surface area contributed by atoms with Crippen LogP contribution in [0.25, 0.3) is 0 Å². The van der Waals surface area contributed by atoms with Crippen molar-refractivity contribution < 1.29 is 21.6 Å². The van der Waals surface area contributed by atoms with Crippen molar-refractivity contribution in [3.63, 3.8) is 0 Å². The molecule has 7 nitrogen and oxygen atoms in total. The van der Waals surface area contributed by atoms with Gasteiger partial charge in [-0.05, 0) is 49.6 Å². The van der Waals surface area contributed by atoms with Crippen molar-refractivity contribution in [1.29, 1.82) is 0 Å². The van der Waals surface area contributed by atoms with Crippen molar-refractivity contribution in [1.82, 2.24) is 9.62 Å². The minimum atomic E-state index is -3.84. The lowest BCUT2D eigenvalue weighted by atomic mass is 10.2. The van der Waals surface area contributed by atoms with Crippen molar-refractivity contribution in [2.24, 2.45) is 0 Å². The van der Waals surface area contributed by atoms with Gasteiger partial charge in [-0.3, -0.25) is 4.79 Å². The van der Waals surface area contributed by atoms with Gasteiger partial charge in [0.15, 0.2) is 9.84 Å². The van der Waals surface area contributed by atoms with Crippen molar-refractivity contribution >= 4 is 25.8 Å². The van der Waals surface area contributed by atoms with Gasteiger partial charge in [0.25, 0.3) is 0 Å². The lowest BCUT2D eigenvalue weighted by molar-refractivity contribution is -0.128. The predicted molar refractivity (Wildman–Crippen MR) is 110 cm³/mol. The Hall–Kier alpha value is -2.23. The van der Waals surface area contributed by atoms with Gasteiger partial charge in [-0.2, -0.15) is 0 Å². The summed E-state index contributed by atoms with van der Waals surface area (Å²) in [6, 6.07) is 13.2. The highest BCUT2D eigenvalue weighted by atomic mass is 32.2. The molecule has 0 aliphatic carbocycles. The van der Waals surface area contributed by atoms with Crippen LogP contribution in [-0.2, 0) is 24.7 Å². The molecule has 1 saturated heterocycles. The summed E-state index contributed by atoms with van der Waals surface area (Å²) in [6.07, 6.45) is 0.326. The molecule has 9 heteroatoms. The number of nitrogens with zero attached hydrogens (tertiary/aromatic N) is 1. The molecule has 1 N–H and O–H groups in total. The highest BCUT2D eigenvalue weighted by molar-refractivity contribution is 7.92. The zero-order chi connectivity index (χ0) is 21.2. The van der Waals surface area contributed by atoms with E-state index in [1.165, 1.54) is 17.0 Å². The summed E-state index contributed by atoms with van der Waals surface area (Å²) < 4.78 is 52.9. The molecule has 1 amide bonds. The maximum Gasteiger partial charge on any atom is 0.241 e. The number of aryl methyl sites for hydroxylation is 2. The highest BCUT2D eigenvalue weighted by Gasteiger charge is 2.36. The molecule has 1 aliphatic heterocycles. The number of rotatable bonds is 6. The van der Waals surface area contributed by atoms with Crippen molar-refractivity contribution in [3.05, 3.63) is 59.7 Å². The Morgan fingerprint density at radius 2 is 1.76 bits per heavy atom. The molecule has 1 heterocycles. The SMILES string of the molecule is Cc1ccc(C)c(S(=O)(=O)NCC(=O)N2CCC(S(=O)(=O)c3ccccc3)C2)c1. The number of carbonyl (C=O) groups excluding carboxylic acids is 1. The molecule has 29 heavy (non-hydrogen) atoms. The number of hydrogen-bond acceptors (Lipinski definition) is 5. The second-order valence-electron chi connectivity index (χ2n) is 7.20. The summed E-state index contributed by atoms with van der Waals surface area (Å²) in [5.74, 6) is -0.440. The number of benzene rings is 2. The van der Waals surface area contributed by atoms with Crippen molar-refractivity contribution in [3.8, 4) is 0 Å². The molecule has 0 saturated carbocycles. The van der Waals surface area contributed by atoms with E-state index in [4.69, 9.17) is 0 Å². The molecule has 156 valence electrons. The number of sulfone groups is 1. The van der Waals surface area contributed by atoms with Crippen LogP contribution < -0.4 is 4.72 Å². The molecule has 0 radical (unpaired) electrons. The van der Waals surface area contributed by atoms with Crippen molar-refractivity contribution in [2.75, 3.05) is 19.6 Å². The van der Waals surface area contributed by atoms with Crippen LogP contribution >= 0.6 is 0 Å². The monoisotopic (exact) mass is 436 g/mol. The molecule has 1 fully saturated rings. The largest absolute Gasteiger partial charge is 0.340 e. The van der Waals surface area contributed by atoms with Gasteiger partial charge in [0, 0.05) is 13.1 Å². The van der Waals surface area contributed by atoms with Gasteiger partial charge in [-0.15, -0.1) is 0 Å². The molecule has 1 atom stereocenters. The van der Waals surface area contributed by atoms with E-state index < -0.39 is 37.6 Å². The van der Waals surface area contributed by atoms with Gasteiger partial charge in [-0.25, -0.2) is 21.6 Å². The summed E-state index contributed by atoms with van der Waals surface area (Å²) in [5, 5.41) is -0.690. The highest BCUT2D eigenvalue weighted by Crippen LogP contribution is 2.24. The Balaban J connectivity index is 1.65. The first-order chi connectivity index (χ1) is 13.6. The predicted octanol–water partition coefficient (Wildman–Crippen LogP) is 1.66. The molecule has 1 aliphatic rings. The summed E-state index contributed by atoms with van der Waals surface area (Å²) in [4.78, 5) is 14.3. The zero-order valence-corrected chi connectivity index (χ0v) is 18.0. The van der Waals surface area contributed by atoms with Crippen LogP contribution in [0, 0.1) is 13.8 Å². The molecular formula is C20H24N2O5S2. The van der Waals surface area contributed by atoms with Crippen LogP contribution in [0.15, 0.2) is 58.3 Å². The molecule has 0 bridgehead atoms. The third-order valence-corrected chi connectivity index (χ3v) is 8.79. The van der Waals surface area contributed by atoms with E-state index in [1.54, 1.807) is 44.2 Å². The molecule has 3 rings (SSSR count). The maximum atomic E-state index is 12.7. The van der Waals surface area contributed by atoms with Crippen LogP contribution in [0.5, 0.6) is 0 Å². The first-order valence-corrected chi connectivity index (χ1v) is 12.3. The van der Waals surface area contributed by atoms with Gasteiger partial charge in [0.05, 0.1) is 21.6 Å². The van der Waals surface area contributed by atoms with Gasteiger partial charge in [0.2, 0.25) is 15.9 Å². The van der Waals surface area contributed by atoms with E-state index in [-0.39, 0.29) is 22.9 Å². The topological polar surface area (TPSA) is 101 Å². The summed E-state index contributed by atoms with van der Waals surface area (Å²) in [7, 11) is -7.37. The fourth-order valence-electron chi connectivity index (χ4n) is 3.35. The van der Waals surface area contributed by atoms with Gasteiger partial charge >= 0.3 is 0 Å². The van der Waals surface area contributed by atoms with E-state index in [2.05, 4.69) is 4.72 Å². The van der Waals surface area contributed by atoms with E-state index in [0.717, 1.165) is 5.56 Å². The Kier molecular flexibility index (Phi) is 6.11. The number of likely N-dealkylation sites (tertiary alicyclic amines) is 1. The molecule has 2 aromatic rings. The number of hydrogen-bond donors (Lipinski definition) is 1. The number of amides is 1.